The van der Waals surface area contributed by atoms with Gasteiger partial charge in [0.25, 0.3) is 0 Å². The molecule has 1 aromatic carbocycles. The lowest BCUT2D eigenvalue weighted by Gasteiger charge is -2.07. The summed E-state index contributed by atoms with van der Waals surface area (Å²) < 4.78 is 2.10. The van der Waals surface area contributed by atoms with Gasteiger partial charge in [0, 0.05) is 28.6 Å². The molecule has 0 bridgehead atoms. The molecular formula is C15H21N3S. The van der Waals surface area contributed by atoms with Crippen LogP contribution in [-0.4, -0.2) is 9.78 Å². The Labute approximate surface area is 119 Å². The van der Waals surface area contributed by atoms with Gasteiger partial charge in [-0.3, -0.25) is 4.68 Å². The van der Waals surface area contributed by atoms with Crippen molar-refractivity contribution in [2.45, 2.75) is 44.4 Å². The van der Waals surface area contributed by atoms with E-state index in [4.69, 9.17) is 5.73 Å². The summed E-state index contributed by atoms with van der Waals surface area (Å²) in [5, 5.41) is 4.58. The quantitative estimate of drug-likeness (QED) is 0.669. The van der Waals surface area contributed by atoms with Crippen molar-refractivity contribution < 1.29 is 0 Å². The SMILES string of the molecule is CCc1cc(CSc2ccc(N)cc2C)n(CC)n1. The van der Waals surface area contributed by atoms with E-state index < -0.39 is 0 Å². The molecular weight excluding hydrogens is 254 g/mol. The molecule has 2 rings (SSSR count). The molecule has 0 unspecified atom stereocenters. The minimum absolute atomic E-state index is 0.828. The van der Waals surface area contributed by atoms with Crippen LogP contribution in [0.25, 0.3) is 0 Å². The number of thioether (sulfide) groups is 1. The van der Waals surface area contributed by atoms with E-state index in [-0.39, 0.29) is 0 Å². The summed E-state index contributed by atoms with van der Waals surface area (Å²) in [5.74, 6) is 0.950. The molecule has 0 aliphatic heterocycles. The maximum absolute atomic E-state index is 5.78. The van der Waals surface area contributed by atoms with Gasteiger partial charge in [0.1, 0.15) is 0 Å². The van der Waals surface area contributed by atoms with Gasteiger partial charge in [-0.15, -0.1) is 11.8 Å². The number of nitrogen functional groups attached to an aromatic ring is 1. The van der Waals surface area contributed by atoms with E-state index in [9.17, 15) is 0 Å². The Balaban J connectivity index is 2.11. The van der Waals surface area contributed by atoms with Crippen LogP contribution in [-0.2, 0) is 18.7 Å². The summed E-state index contributed by atoms with van der Waals surface area (Å²) >= 11 is 1.85. The predicted octanol–water partition coefficient (Wildman–Crippen LogP) is 3.65. The molecule has 2 aromatic rings. The maximum atomic E-state index is 5.78. The first-order chi connectivity index (χ1) is 9.13. The van der Waals surface area contributed by atoms with E-state index in [1.807, 2.05) is 23.9 Å². The molecule has 0 amide bonds. The van der Waals surface area contributed by atoms with Crippen LogP contribution in [0.5, 0.6) is 0 Å². The predicted molar refractivity (Wildman–Crippen MR) is 82.4 cm³/mol. The number of nitrogens with two attached hydrogens (primary N) is 1. The van der Waals surface area contributed by atoms with Gasteiger partial charge in [0.2, 0.25) is 0 Å². The van der Waals surface area contributed by atoms with Crippen molar-refractivity contribution in [3.05, 3.63) is 41.2 Å². The van der Waals surface area contributed by atoms with Gasteiger partial charge in [0.05, 0.1) is 5.69 Å². The van der Waals surface area contributed by atoms with Gasteiger partial charge in [-0.2, -0.15) is 5.10 Å². The van der Waals surface area contributed by atoms with Crippen molar-refractivity contribution in [1.29, 1.82) is 0 Å². The molecule has 0 aliphatic rings. The first-order valence-electron chi connectivity index (χ1n) is 6.68. The van der Waals surface area contributed by atoms with Crippen LogP contribution >= 0.6 is 11.8 Å². The number of nitrogens with zero attached hydrogens (tertiary/aromatic N) is 2. The molecule has 0 fully saturated rings. The van der Waals surface area contributed by atoms with Crippen molar-refractivity contribution in [2.75, 3.05) is 5.73 Å². The minimum Gasteiger partial charge on any atom is -0.399 e. The van der Waals surface area contributed by atoms with Gasteiger partial charge in [0.15, 0.2) is 0 Å². The first kappa shape index (κ1) is 14.0. The van der Waals surface area contributed by atoms with Crippen molar-refractivity contribution >= 4 is 17.4 Å². The normalized spacial score (nSPS) is 10.9. The second-order valence-electron chi connectivity index (χ2n) is 4.61. The number of aromatic nitrogens is 2. The van der Waals surface area contributed by atoms with E-state index in [0.717, 1.165) is 24.4 Å². The Bertz CT molecular complexity index is 561. The zero-order chi connectivity index (χ0) is 13.8. The second-order valence-corrected chi connectivity index (χ2v) is 5.63. The molecule has 1 heterocycles. The number of hydrogen-bond acceptors (Lipinski definition) is 3. The van der Waals surface area contributed by atoms with Crippen LogP contribution in [0.1, 0.15) is 30.8 Å². The molecule has 0 radical (unpaired) electrons. The highest BCUT2D eigenvalue weighted by Crippen LogP contribution is 2.27. The van der Waals surface area contributed by atoms with E-state index in [1.54, 1.807) is 0 Å². The average molecular weight is 275 g/mol. The number of benzene rings is 1. The standard InChI is InChI=1S/C15H21N3S/c1-4-13-9-14(18(5-2)17-13)10-19-15-7-6-12(16)8-11(15)3/h6-9H,4-5,10,16H2,1-3H3. The Kier molecular flexibility index (Phi) is 4.53. The lowest BCUT2D eigenvalue weighted by atomic mass is 10.2. The van der Waals surface area contributed by atoms with Crippen molar-refractivity contribution in [2.24, 2.45) is 0 Å². The zero-order valence-corrected chi connectivity index (χ0v) is 12.6. The highest BCUT2D eigenvalue weighted by atomic mass is 32.2. The fraction of sp³-hybridized carbons (Fsp3) is 0.400. The van der Waals surface area contributed by atoms with Gasteiger partial charge in [-0.05, 0) is 50.1 Å². The summed E-state index contributed by atoms with van der Waals surface area (Å²) in [6.07, 6.45) is 0.992. The third kappa shape index (κ3) is 3.32. The molecule has 1 aromatic heterocycles. The monoisotopic (exact) mass is 275 g/mol. The number of aryl methyl sites for hydroxylation is 3. The van der Waals surface area contributed by atoms with Crippen LogP contribution in [0, 0.1) is 6.92 Å². The van der Waals surface area contributed by atoms with Gasteiger partial charge in [-0.25, -0.2) is 0 Å². The van der Waals surface area contributed by atoms with Gasteiger partial charge in [-0.1, -0.05) is 6.92 Å². The van der Waals surface area contributed by atoms with Crippen molar-refractivity contribution in [3.8, 4) is 0 Å². The minimum atomic E-state index is 0.828. The summed E-state index contributed by atoms with van der Waals surface area (Å²) in [4.78, 5) is 1.29. The molecule has 4 heteroatoms. The van der Waals surface area contributed by atoms with Crippen molar-refractivity contribution in [1.82, 2.24) is 9.78 Å². The average Bonchev–Trinajstić information content (AvgIpc) is 2.80. The molecule has 0 atom stereocenters. The fourth-order valence-electron chi connectivity index (χ4n) is 2.06. The summed E-state index contributed by atoms with van der Waals surface area (Å²) in [5.41, 5.74) is 10.3. The third-order valence-corrected chi connectivity index (χ3v) is 4.36. The van der Waals surface area contributed by atoms with E-state index in [1.165, 1.54) is 21.8 Å². The maximum Gasteiger partial charge on any atom is 0.0625 e. The number of rotatable bonds is 5. The molecule has 0 saturated heterocycles. The highest BCUT2D eigenvalue weighted by molar-refractivity contribution is 7.98. The smallest absolute Gasteiger partial charge is 0.0625 e. The van der Waals surface area contributed by atoms with Crippen LogP contribution in [0.4, 0.5) is 5.69 Å². The Morgan fingerprint density at radius 1 is 1.26 bits per heavy atom. The second kappa shape index (κ2) is 6.15. The van der Waals surface area contributed by atoms with E-state index in [2.05, 4.69) is 42.7 Å². The molecule has 19 heavy (non-hydrogen) atoms. The molecule has 102 valence electrons. The van der Waals surface area contributed by atoms with Crippen LogP contribution in [0.2, 0.25) is 0 Å². The fourth-order valence-corrected chi connectivity index (χ4v) is 3.05. The molecule has 3 nitrogen and oxygen atoms in total. The van der Waals surface area contributed by atoms with Gasteiger partial charge < -0.3 is 5.73 Å². The molecule has 0 aliphatic carbocycles. The molecule has 0 saturated carbocycles. The summed E-state index contributed by atoms with van der Waals surface area (Å²) in [6.45, 7) is 7.31. The topological polar surface area (TPSA) is 43.8 Å². The largest absolute Gasteiger partial charge is 0.399 e. The van der Waals surface area contributed by atoms with Crippen LogP contribution in [0.15, 0.2) is 29.2 Å². The van der Waals surface area contributed by atoms with Crippen LogP contribution in [0.3, 0.4) is 0 Å². The lowest BCUT2D eigenvalue weighted by Crippen LogP contribution is -2.01. The first-order valence-corrected chi connectivity index (χ1v) is 7.67. The molecule has 0 spiro atoms. The van der Waals surface area contributed by atoms with Gasteiger partial charge >= 0.3 is 0 Å². The number of anilines is 1. The number of hydrogen-bond donors (Lipinski definition) is 1. The van der Waals surface area contributed by atoms with Crippen molar-refractivity contribution in [3.63, 3.8) is 0 Å². The highest BCUT2D eigenvalue weighted by Gasteiger charge is 2.07. The zero-order valence-electron chi connectivity index (χ0n) is 11.8. The Morgan fingerprint density at radius 2 is 2.05 bits per heavy atom. The third-order valence-electron chi connectivity index (χ3n) is 3.15. The van der Waals surface area contributed by atoms with E-state index >= 15 is 0 Å². The Hall–Kier alpha value is -1.42. The summed E-state index contributed by atoms with van der Waals surface area (Å²) in [7, 11) is 0. The summed E-state index contributed by atoms with van der Waals surface area (Å²) in [6, 6.07) is 8.30. The Morgan fingerprint density at radius 3 is 2.68 bits per heavy atom. The van der Waals surface area contributed by atoms with Crippen LogP contribution < -0.4 is 5.73 Å². The lowest BCUT2D eigenvalue weighted by molar-refractivity contribution is 0.628. The van der Waals surface area contributed by atoms with E-state index in [0.29, 0.717) is 0 Å². The molecule has 2 N–H and O–H groups in total.